The van der Waals surface area contributed by atoms with E-state index in [1.165, 1.54) is 11.9 Å². The molecule has 12 heteroatoms. The predicted molar refractivity (Wildman–Crippen MR) is 127 cm³/mol. The van der Waals surface area contributed by atoms with Gasteiger partial charge in [-0.05, 0) is 35.1 Å². The van der Waals surface area contributed by atoms with Crippen LogP contribution in [0.1, 0.15) is 29.9 Å². The summed E-state index contributed by atoms with van der Waals surface area (Å²) >= 11 is 0. The summed E-state index contributed by atoms with van der Waals surface area (Å²) < 4.78 is 5.57. The number of benzene rings is 2. The van der Waals surface area contributed by atoms with Crippen molar-refractivity contribution in [2.75, 3.05) is 33.7 Å². The Morgan fingerprint density at radius 3 is 2.42 bits per heavy atom. The second kappa shape index (κ2) is 11.0. The van der Waals surface area contributed by atoms with Crippen LogP contribution < -0.4 is 0 Å². The maximum Gasteiger partial charge on any atom is 0.410 e. The lowest BCUT2D eigenvalue weighted by molar-refractivity contribution is -0.789. The van der Waals surface area contributed by atoms with E-state index in [-0.39, 0.29) is 49.6 Å². The first-order valence-electron chi connectivity index (χ1n) is 11.4. The molecule has 2 aliphatic rings. The normalized spacial score (nSPS) is 15.1. The molecule has 2 aromatic carbocycles. The summed E-state index contributed by atoms with van der Waals surface area (Å²) in [7, 11) is 1.38. The van der Waals surface area contributed by atoms with Crippen molar-refractivity contribution in [1.82, 2.24) is 9.80 Å². The van der Waals surface area contributed by atoms with Crippen LogP contribution in [0.15, 0.2) is 58.6 Å². The zero-order valence-electron chi connectivity index (χ0n) is 19.7. The molecule has 36 heavy (non-hydrogen) atoms. The molecule has 1 amide bonds. The van der Waals surface area contributed by atoms with Crippen molar-refractivity contribution in [3.8, 4) is 11.1 Å². The van der Waals surface area contributed by atoms with Crippen molar-refractivity contribution in [2.45, 2.75) is 24.8 Å². The lowest BCUT2D eigenvalue weighted by atomic mass is 9.98. The number of carboxylic acids is 1. The second-order valence-corrected chi connectivity index (χ2v) is 8.37. The number of likely N-dealkylation sites (N-methyl/N-ethyl adjacent to an activating group) is 1. The fourth-order valence-corrected chi connectivity index (χ4v) is 4.45. The number of aliphatic imine (C=N–C) groups is 1. The highest BCUT2D eigenvalue weighted by molar-refractivity contribution is 5.81. The topological polar surface area (TPSA) is 150 Å². The van der Waals surface area contributed by atoms with Crippen LogP contribution >= 0.6 is 0 Å². The molecule has 0 saturated carbocycles. The molecule has 0 radical (unpaired) electrons. The highest BCUT2D eigenvalue weighted by atomic mass is 16.9. The summed E-state index contributed by atoms with van der Waals surface area (Å²) in [6, 6.07) is 14.7. The monoisotopic (exact) mass is 497 g/mol. The molecule has 190 valence electrons. The molecule has 0 saturated heterocycles. The van der Waals surface area contributed by atoms with Crippen molar-refractivity contribution in [1.29, 1.82) is 0 Å². The van der Waals surface area contributed by atoms with E-state index >= 15 is 0 Å². The number of hydrogen-bond donors (Lipinski definition) is 2. The minimum atomic E-state index is -1.18. The van der Waals surface area contributed by atoms with Gasteiger partial charge in [-0.1, -0.05) is 48.5 Å². The molecular formula is C24H27N5O7. The fourth-order valence-electron chi connectivity index (χ4n) is 4.45. The summed E-state index contributed by atoms with van der Waals surface area (Å²) in [5.74, 6) is -1.34. The van der Waals surface area contributed by atoms with Gasteiger partial charge < -0.3 is 24.7 Å². The van der Waals surface area contributed by atoms with Crippen molar-refractivity contribution >= 4 is 18.0 Å². The number of ether oxygens (including phenoxy) is 1. The van der Waals surface area contributed by atoms with Crippen LogP contribution in [0.5, 0.6) is 0 Å². The lowest BCUT2D eigenvalue weighted by Gasteiger charge is -2.26. The number of amides is 1. The Balaban J connectivity index is 1.35. The molecule has 2 aromatic rings. The molecule has 0 fully saturated rings. The number of carbonyl (C=O) groups excluding carboxylic acids is 1. The van der Waals surface area contributed by atoms with E-state index < -0.39 is 24.8 Å². The van der Waals surface area contributed by atoms with Crippen LogP contribution in [0, 0.1) is 5.21 Å². The van der Waals surface area contributed by atoms with Crippen LogP contribution in [-0.2, 0) is 14.4 Å². The molecule has 0 aromatic heterocycles. The maximum absolute atomic E-state index is 12.8. The molecule has 4 rings (SSSR count). The molecule has 0 bridgehead atoms. The van der Waals surface area contributed by atoms with Gasteiger partial charge >= 0.3 is 12.1 Å². The Hall–Kier alpha value is -4.19. The Bertz CT molecular complexity index is 1140. The van der Waals surface area contributed by atoms with E-state index in [0.29, 0.717) is 0 Å². The van der Waals surface area contributed by atoms with Gasteiger partial charge in [0.05, 0.1) is 0 Å². The summed E-state index contributed by atoms with van der Waals surface area (Å²) in [5.41, 5.74) is 4.32. The zero-order valence-corrected chi connectivity index (χ0v) is 19.7. The van der Waals surface area contributed by atoms with Crippen molar-refractivity contribution < 1.29 is 34.4 Å². The predicted octanol–water partition coefficient (Wildman–Crippen LogP) is 2.57. The summed E-state index contributed by atoms with van der Waals surface area (Å²) in [6.07, 6.45) is -0.390. The zero-order chi connectivity index (χ0) is 25.7. The van der Waals surface area contributed by atoms with Gasteiger partial charge in [-0.15, -0.1) is 0 Å². The highest BCUT2D eigenvalue weighted by Crippen LogP contribution is 2.44. The quantitative estimate of drug-likeness (QED) is 0.396. The van der Waals surface area contributed by atoms with Gasteiger partial charge in [0, 0.05) is 19.5 Å². The number of rotatable bonds is 9. The van der Waals surface area contributed by atoms with Gasteiger partial charge in [-0.3, -0.25) is 4.90 Å². The molecule has 2 N–H and O–H groups in total. The lowest BCUT2D eigenvalue weighted by Crippen LogP contribution is -2.43. The molecule has 0 unspecified atom stereocenters. The average molecular weight is 498 g/mol. The summed E-state index contributed by atoms with van der Waals surface area (Å²) in [4.78, 5) is 35.5. The summed E-state index contributed by atoms with van der Waals surface area (Å²) in [6.45, 7) is -0.469. The maximum atomic E-state index is 12.8. The summed E-state index contributed by atoms with van der Waals surface area (Å²) in [5, 5.41) is 34.0. The molecule has 1 heterocycles. The van der Waals surface area contributed by atoms with Crippen LogP contribution in [0.25, 0.3) is 11.1 Å². The minimum absolute atomic E-state index is 0.00400. The third-order valence-electron chi connectivity index (χ3n) is 6.28. The Kier molecular flexibility index (Phi) is 7.64. The third kappa shape index (κ3) is 5.23. The van der Waals surface area contributed by atoms with Gasteiger partial charge in [-0.2, -0.15) is 0 Å². The average Bonchev–Trinajstić information content (AvgIpc) is 3.20. The SMILES string of the molecule is CN(C(=O)OCC1c2ccccc2-c2ccccc21)[C@@H](CCCN(CO)C1=NCO[N+]([O-])=N1)C(=O)O. The number of aliphatic hydroxyl groups excluding tert-OH is 1. The standard InChI is InChI=1S/C24H27N5O7/c1-27(21(22(31)32)11-6-12-28(15-30)23-25-14-36-29(34)26-23)24(33)35-13-20-18-9-4-2-7-16(18)17-8-3-5-10-19(17)20/h2-5,7-10,20-21,30H,6,11-15H2,1H3,(H,31,32)/t21-/m0/s1. The van der Waals surface area contributed by atoms with Crippen molar-refractivity contribution in [2.24, 2.45) is 10.1 Å². The molecule has 12 nitrogen and oxygen atoms in total. The first-order chi connectivity index (χ1) is 17.4. The van der Waals surface area contributed by atoms with E-state index in [1.807, 2.05) is 48.5 Å². The minimum Gasteiger partial charge on any atom is -0.480 e. The Morgan fingerprint density at radius 2 is 1.83 bits per heavy atom. The molecule has 0 spiro atoms. The number of aliphatic hydroxyl groups is 1. The molecular weight excluding hydrogens is 470 g/mol. The molecule has 1 aliphatic heterocycles. The number of aliphatic carboxylic acids is 1. The van der Waals surface area contributed by atoms with Crippen molar-refractivity contribution in [3.63, 3.8) is 0 Å². The number of nitrogens with zero attached hydrogens (tertiary/aromatic N) is 5. The number of hydrogen-bond acceptors (Lipinski definition) is 9. The molecule has 1 atom stereocenters. The van der Waals surface area contributed by atoms with E-state index in [0.717, 1.165) is 27.2 Å². The fraction of sp³-hybridized carbons (Fsp3) is 0.375. The van der Waals surface area contributed by atoms with E-state index in [1.54, 1.807) is 0 Å². The van der Waals surface area contributed by atoms with Gasteiger partial charge in [0.2, 0.25) is 0 Å². The number of guanidine groups is 1. The van der Waals surface area contributed by atoms with E-state index in [9.17, 15) is 25.0 Å². The number of fused-ring (bicyclic) bond motifs is 3. The Morgan fingerprint density at radius 1 is 1.19 bits per heavy atom. The third-order valence-corrected chi connectivity index (χ3v) is 6.28. The van der Waals surface area contributed by atoms with Gasteiger partial charge in [0.25, 0.3) is 5.96 Å². The smallest absolute Gasteiger partial charge is 0.410 e. The van der Waals surface area contributed by atoms with Gasteiger partial charge in [-0.25, -0.2) is 19.8 Å². The number of carbonyl (C=O) groups is 2. The molecule has 1 aliphatic carbocycles. The van der Waals surface area contributed by atoms with Crippen LogP contribution in [0.4, 0.5) is 4.79 Å². The van der Waals surface area contributed by atoms with Gasteiger partial charge in [0.1, 0.15) is 24.5 Å². The number of carboxylic acid groups (broad SMARTS) is 1. The first kappa shape index (κ1) is 24.9. The van der Waals surface area contributed by atoms with E-state index in [4.69, 9.17) is 4.74 Å². The van der Waals surface area contributed by atoms with Crippen LogP contribution in [0.3, 0.4) is 0 Å². The second-order valence-electron chi connectivity index (χ2n) is 8.37. The Labute approximate surface area is 207 Å². The van der Waals surface area contributed by atoms with Crippen LogP contribution in [-0.4, -0.2) is 82.8 Å². The first-order valence-corrected chi connectivity index (χ1v) is 11.4. The highest BCUT2D eigenvalue weighted by Gasteiger charge is 2.32. The van der Waals surface area contributed by atoms with Gasteiger partial charge in [0.15, 0.2) is 11.8 Å². The van der Waals surface area contributed by atoms with Crippen molar-refractivity contribution in [3.05, 3.63) is 64.9 Å². The largest absolute Gasteiger partial charge is 0.480 e. The van der Waals surface area contributed by atoms with Crippen LogP contribution in [0.2, 0.25) is 0 Å². The van der Waals surface area contributed by atoms with E-state index in [2.05, 4.69) is 14.9 Å².